The molecule has 120 valence electrons. The van der Waals surface area contributed by atoms with Crippen LogP contribution in [0, 0.1) is 12.3 Å². The van der Waals surface area contributed by atoms with Gasteiger partial charge in [-0.2, -0.15) is 0 Å². The van der Waals surface area contributed by atoms with Gasteiger partial charge in [-0.25, -0.2) is 0 Å². The van der Waals surface area contributed by atoms with Crippen LogP contribution < -0.4 is 5.32 Å². The Morgan fingerprint density at radius 2 is 1.59 bits per heavy atom. The van der Waals surface area contributed by atoms with Gasteiger partial charge in [0.15, 0.2) is 0 Å². The zero-order chi connectivity index (χ0) is 16.3. The van der Waals surface area contributed by atoms with Crippen LogP contribution in [0.2, 0.25) is 0 Å². The second-order valence-electron chi connectivity index (χ2n) is 6.54. The van der Waals surface area contributed by atoms with Crippen LogP contribution in [-0.4, -0.2) is 54.8 Å². The van der Waals surface area contributed by atoms with Crippen molar-refractivity contribution in [1.29, 1.82) is 0 Å². The van der Waals surface area contributed by atoms with Crippen LogP contribution in [0.25, 0.3) is 0 Å². The first kappa shape index (κ1) is 16.5. The van der Waals surface area contributed by atoms with Gasteiger partial charge in [0, 0.05) is 31.9 Å². The maximum absolute atomic E-state index is 12.7. The molecule has 0 aromatic heterocycles. The summed E-state index contributed by atoms with van der Waals surface area (Å²) in [5, 5.41) is 2.84. The molecule has 0 radical (unpaired) electrons. The van der Waals surface area contributed by atoms with E-state index in [9.17, 15) is 9.59 Å². The fourth-order valence-electron chi connectivity index (χ4n) is 2.43. The van der Waals surface area contributed by atoms with Crippen molar-refractivity contribution >= 4 is 17.5 Å². The van der Waals surface area contributed by atoms with E-state index in [0.717, 1.165) is 24.3 Å². The van der Waals surface area contributed by atoms with E-state index >= 15 is 0 Å². The first-order valence-corrected chi connectivity index (χ1v) is 7.67. The number of anilines is 1. The highest BCUT2D eigenvalue weighted by Gasteiger charge is 2.39. The van der Waals surface area contributed by atoms with Crippen LogP contribution in [0.1, 0.15) is 19.4 Å². The lowest BCUT2D eigenvalue weighted by Crippen LogP contribution is -2.53. The van der Waals surface area contributed by atoms with Crippen LogP contribution in [0.5, 0.6) is 0 Å². The van der Waals surface area contributed by atoms with Gasteiger partial charge in [0.2, 0.25) is 11.8 Å². The van der Waals surface area contributed by atoms with Gasteiger partial charge in [0.25, 0.3) is 0 Å². The zero-order valence-corrected chi connectivity index (χ0v) is 13.8. The number of carbonyl (C=O) groups is 2. The van der Waals surface area contributed by atoms with Crippen LogP contribution in [0.3, 0.4) is 0 Å². The lowest BCUT2D eigenvalue weighted by atomic mass is 9.89. The molecule has 1 aliphatic rings. The molecule has 0 bridgehead atoms. The Labute approximate surface area is 132 Å². The molecule has 0 aliphatic carbocycles. The molecular weight excluding hydrogens is 278 g/mol. The molecule has 1 aromatic carbocycles. The fourth-order valence-corrected chi connectivity index (χ4v) is 2.43. The summed E-state index contributed by atoms with van der Waals surface area (Å²) >= 11 is 0. The first-order chi connectivity index (χ1) is 10.3. The van der Waals surface area contributed by atoms with Gasteiger partial charge in [-0.1, -0.05) is 17.7 Å². The largest absolute Gasteiger partial charge is 0.339 e. The molecule has 1 N–H and O–H groups in total. The van der Waals surface area contributed by atoms with E-state index in [1.165, 1.54) is 0 Å². The van der Waals surface area contributed by atoms with Crippen LogP contribution in [0.4, 0.5) is 5.69 Å². The predicted octanol–water partition coefficient (Wildman–Crippen LogP) is 1.73. The zero-order valence-electron chi connectivity index (χ0n) is 13.8. The number of aryl methyl sites for hydroxylation is 1. The molecule has 1 fully saturated rings. The van der Waals surface area contributed by atoms with E-state index in [2.05, 4.69) is 10.2 Å². The summed E-state index contributed by atoms with van der Waals surface area (Å²) in [5.41, 5.74) is 0.779. The Hall–Kier alpha value is -1.88. The van der Waals surface area contributed by atoms with Crippen molar-refractivity contribution in [3.05, 3.63) is 29.8 Å². The summed E-state index contributed by atoms with van der Waals surface area (Å²) in [6.07, 6.45) is 0. The number of likely N-dealkylation sites (N-methyl/N-ethyl adjacent to an activating group) is 1. The monoisotopic (exact) mass is 303 g/mol. The van der Waals surface area contributed by atoms with E-state index in [-0.39, 0.29) is 11.8 Å². The van der Waals surface area contributed by atoms with Crippen molar-refractivity contribution in [3.63, 3.8) is 0 Å². The number of nitrogens with one attached hydrogen (secondary N) is 1. The quantitative estimate of drug-likeness (QED) is 0.865. The molecule has 0 unspecified atom stereocenters. The number of rotatable bonds is 3. The summed E-state index contributed by atoms with van der Waals surface area (Å²) < 4.78 is 0. The molecule has 1 aromatic rings. The maximum atomic E-state index is 12.7. The molecule has 1 heterocycles. The summed E-state index contributed by atoms with van der Waals surface area (Å²) in [6, 6.07) is 7.57. The SMILES string of the molecule is Cc1ccc(NC(=O)C(C)(C)C(=O)N2CCN(C)CC2)cc1. The van der Waals surface area contributed by atoms with E-state index in [0.29, 0.717) is 13.1 Å². The van der Waals surface area contributed by atoms with Gasteiger partial charge >= 0.3 is 0 Å². The minimum atomic E-state index is -1.07. The van der Waals surface area contributed by atoms with Crippen molar-refractivity contribution in [3.8, 4) is 0 Å². The molecule has 2 rings (SSSR count). The van der Waals surface area contributed by atoms with Crippen molar-refractivity contribution in [1.82, 2.24) is 9.80 Å². The van der Waals surface area contributed by atoms with E-state index < -0.39 is 5.41 Å². The highest BCUT2D eigenvalue weighted by Crippen LogP contribution is 2.23. The number of benzene rings is 1. The summed E-state index contributed by atoms with van der Waals surface area (Å²) in [7, 11) is 2.04. The Kier molecular flexibility index (Phi) is 4.86. The average molecular weight is 303 g/mol. The number of nitrogens with zero attached hydrogens (tertiary/aromatic N) is 2. The fraction of sp³-hybridized carbons (Fsp3) is 0.529. The normalized spacial score (nSPS) is 16.5. The van der Waals surface area contributed by atoms with Gasteiger partial charge < -0.3 is 15.1 Å². The standard InChI is InChI=1S/C17H25N3O2/c1-13-5-7-14(8-6-13)18-15(21)17(2,3)16(22)20-11-9-19(4)10-12-20/h5-8H,9-12H2,1-4H3,(H,18,21). The molecule has 0 atom stereocenters. The molecule has 1 saturated heterocycles. The maximum Gasteiger partial charge on any atom is 0.239 e. The Bertz CT molecular complexity index is 544. The second kappa shape index (κ2) is 6.48. The lowest BCUT2D eigenvalue weighted by Gasteiger charge is -2.36. The number of piperazine rings is 1. The third kappa shape index (κ3) is 3.65. The van der Waals surface area contributed by atoms with Gasteiger partial charge in [0.05, 0.1) is 0 Å². The Morgan fingerprint density at radius 1 is 1.05 bits per heavy atom. The Morgan fingerprint density at radius 3 is 2.14 bits per heavy atom. The smallest absolute Gasteiger partial charge is 0.239 e. The van der Waals surface area contributed by atoms with Crippen LogP contribution in [0.15, 0.2) is 24.3 Å². The van der Waals surface area contributed by atoms with Gasteiger partial charge in [-0.3, -0.25) is 9.59 Å². The lowest BCUT2D eigenvalue weighted by molar-refractivity contribution is -0.147. The van der Waals surface area contributed by atoms with E-state index in [4.69, 9.17) is 0 Å². The molecule has 22 heavy (non-hydrogen) atoms. The average Bonchev–Trinajstić information content (AvgIpc) is 2.49. The van der Waals surface area contributed by atoms with Crippen molar-refractivity contribution in [2.75, 3.05) is 38.5 Å². The van der Waals surface area contributed by atoms with Gasteiger partial charge in [0.1, 0.15) is 5.41 Å². The molecule has 5 nitrogen and oxygen atoms in total. The third-order valence-corrected chi connectivity index (χ3v) is 4.20. The van der Waals surface area contributed by atoms with E-state index in [1.807, 2.05) is 38.2 Å². The first-order valence-electron chi connectivity index (χ1n) is 7.67. The molecule has 1 aliphatic heterocycles. The van der Waals surface area contributed by atoms with Crippen molar-refractivity contribution in [2.24, 2.45) is 5.41 Å². The number of hydrogen-bond acceptors (Lipinski definition) is 3. The minimum absolute atomic E-state index is 0.106. The Balaban J connectivity index is 2.03. The molecule has 2 amide bonds. The second-order valence-corrected chi connectivity index (χ2v) is 6.54. The molecule has 0 spiro atoms. The topological polar surface area (TPSA) is 52.7 Å². The summed E-state index contributed by atoms with van der Waals surface area (Å²) in [4.78, 5) is 29.1. The predicted molar refractivity (Wildman–Crippen MR) is 87.7 cm³/mol. The highest BCUT2D eigenvalue weighted by atomic mass is 16.2. The van der Waals surface area contributed by atoms with Crippen molar-refractivity contribution < 1.29 is 9.59 Å². The number of carbonyl (C=O) groups excluding carboxylic acids is 2. The highest BCUT2D eigenvalue weighted by molar-refractivity contribution is 6.09. The van der Waals surface area contributed by atoms with E-state index in [1.54, 1.807) is 18.7 Å². The van der Waals surface area contributed by atoms with Crippen LogP contribution >= 0.6 is 0 Å². The van der Waals surface area contributed by atoms with Gasteiger partial charge in [-0.15, -0.1) is 0 Å². The third-order valence-electron chi connectivity index (χ3n) is 4.20. The number of amides is 2. The van der Waals surface area contributed by atoms with Gasteiger partial charge in [-0.05, 0) is 40.0 Å². The molecule has 0 saturated carbocycles. The molecular formula is C17H25N3O2. The summed E-state index contributed by atoms with van der Waals surface area (Å²) in [6.45, 7) is 8.43. The van der Waals surface area contributed by atoms with Crippen molar-refractivity contribution in [2.45, 2.75) is 20.8 Å². The minimum Gasteiger partial charge on any atom is -0.339 e. The molecule has 5 heteroatoms. The number of hydrogen-bond donors (Lipinski definition) is 1. The summed E-state index contributed by atoms with van der Waals surface area (Å²) in [5.74, 6) is -0.370. The van der Waals surface area contributed by atoms with Crippen LogP contribution in [-0.2, 0) is 9.59 Å².